The minimum Gasteiger partial charge on any atom is -0.497 e. The van der Waals surface area contributed by atoms with Gasteiger partial charge < -0.3 is 15.4 Å². The molecule has 1 aliphatic heterocycles. The number of methoxy groups -OCH3 is 1. The molecule has 1 unspecified atom stereocenters. The average molecular weight is 238 g/mol. The van der Waals surface area contributed by atoms with E-state index in [0.717, 1.165) is 24.5 Å². The molecular weight excluding hydrogens is 220 g/mol. The highest BCUT2D eigenvalue weighted by Crippen LogP contribution is 2.36. The van der Waals surface area contributed by atoms with Crippen LogP contribution in [0.4, 0.5) is 5.69 Å². The lowest BCUT2D eigenvalue weighted by molar-refractivity contribution is 0.414. The van der Waals surface area contributed by atoms with Crippen LogP contribution in [0.15, 0.2) is 23.1 Å². The lowest BCUT2D eigenvalue weighted by Gasteiger charge is -2.26. The van der Waals surface area contributed by atoms with Crippen LogP contribution in [0, 0.1) is 0 Å². The largest absolute Gasteiger partial charge is 0.497 e. The molecule has 0 saturated heterocycles. The Morgan fingerprint density at radius 2 is 2.44 bits per heavy atom. The second-order valence-electron chi connectivity index (χ2n) is 3.91. The van der Waals surface area contributed by atoms with Gasteiger partial charge in [0.25, 0.3) is 0 Å². The summed E-state index contributed by atoms with van der Waals surface area (Å²) in [5.74, 6) is 2.06. The van der Waals surface area contributed by atoms with E-state index in [1.165, 1.54) is 10.6 Å². The molecule has 0 spiro atoms. The summed E-state index contributed by atoms with van der Waals surface area (Å²) in [5, 5.41) is 6.75. The van der Waals surface area contributed by atoms with Gasteiger partial charge in [0.2, 0.25) is 0 Å². The van der Waals surface area contributed by atoms with Crippen molar-refractivity contribution in [1.82, 2.24) is 5.32 Å². The molecule has 1 aromatic rings. The zero-order valence-electron chi connectivity index (χ0n) is 9.75. The van der Waals surface area contributed by atoms with Crippen molar-refractivity contribution >= 4 is 17.4 Å². The molecule has 4 heteroatoms. The highest BCUT2D eigenvalue weighted by Gasteiger charge is 2.17. The quantitative estimate of drug-likeness (QED) is 0.842. The minimum absolute atomic E-state index is 0.553. The van der Waals surface area contributed by atoms with E-state index in [4.69, 9.17) is 4.74 Å². The van der Waals surface area contributed by atoms with Crippen LogP contribution in [0.1, 0.15) is 6.42 Å². The third-order valence-corrected chi connectivity index (χ3v) is 3.97. The number of thioether (sulfide) groups is 1. The number of ether oxygens (including phenoxy) is 1. The van der Waals surface area contributed by atoms with Crippen LogP contribution in [-0.4, -0.2) is 32.5 Å². The molecule has 16 heavy (non-hydrogen) atoms. The van der Waals surface area contributed by atoms with Crippen molar-refractivity contribution in [3.63, 3.8) is 0 Å². The number of hydrogen-bond acceptors (Lipinski definition) is 4. The van der Waals surface area contributed by atoms with Crippen molar-refractivity contribution in [1.29, 1.82) is 0 Å². The Bertz CT molecular complexity index is 357. The fourth-order valence-electron chi connectivity index (χ4n) is 1.80. The molecule has 0 saturated carbocycles. The van der Waals surface area contributed by atoms with E-state index >= 15 is 0 Å². The number of fused-ring (bicyclic) bond motifs is 1. The Balaban J connectivity index is 2.06. The summed E-state index contributed by atoms with van der Waals surface area (Å²) in [6.07, 6.45) is 1.15. The van der Waals surface area contributed by atoms with Crippen molar-refractivity contribution in [2.45, 2.75) is 17.4 Å². The first-order valence-corrected chi connectivity index (χ1v) is 6.54. The van der Waals surface area contributed by atoms with Gasteiger partial charge in [-0.05, 0) is 32.1 Å². The predicted molar refractivity (Wildman–Crippen MR) is 69.7 cm³/mol. The van der Waals surface area contributed by atoms with Crippen molar-refractivity contribution < 1.29 is 4.74 Å². The fourth-order valence-corrected chi connectivity index (χ4v) is 2.87. The minimum atomic E-state index is 0.553. The maximum Gasteiger partial charge on any atom is 0.121 e. The fraction of sp³-hybridized carbons (Fsp3) is 0.500. The molecule has 1 aromatic carbocycles. The number of hydrogen-bond donors (Lipinski definition) is 2. The normalized spacial score (nSPS) is 18.8. The van der Waals surface area contributed by atoms with Gasteiger partial charge in [0, 0.05) is 22.8 Å². The van der Waals surface area contributed by atoms with Gasteiger partial charge in [0.05, 0.1) is 12.8 Å². The topological polar surface area (TPSA) is 33.3 Å². The summed E-state index contributed by atoms with van der Waals surface area (Å²) >= 11 is 1.92. The number of nitrogens with one attached hydrogen (secondary N) is 2. The van der Waals surface area contributed by atoms with Gasteiger partial charge in [-0.2, -0.15) is 0 Å². The molecule has 0 bridgehead atoms. The monoisotopic (exact) mass is 238 g/mol. The van der Waals surface area contributed by atoms with E-state index < -0.39 is 0 Å². The van der Waals surface area contributed by atoms with Crippen LogP contribution >= 0.6 is 11.8 Å². The SMILES string of the molecule is CNCCC1CSc2ccc(OC)cc2N1. The van der Waals surface area contributed by atoms with E-state index in [0.29, 0.717) is 6.04 Å². The van der Waals surface area contributed by atoms with Crippen LogP contribution in [0.25, 0.3) is 0 Å². The molecule has 2 N–H and O–H groups in total. The molecule has 3 nitrogen and oxygen atoms in total. The molecule has 1 heterocycles. The molecule has 1 atom stereocenters. The van der Waals surface area contributed by atoms with Crippen molar-refractivity contribution in [3.8, 4) is 5.75 Å². The van der Waals surface area contributed by atoms with Gasteiger partial charge in [-0.25, -0.2) is 0 Å². The molecule has 1 aliphatic rings. The molecule has 88 valence electrons. The Labute approximate surface area is 101 Å². The summed E-state index contributed by atoms with van der Waals surface area (Å²) in [5.41, 5.74) is 1.21. The zero-order valence-corrected chi connectivity index (χ0v) is 10.6. The van der Waals surface area contributed by atoms with Gasteiger partial charge in [0.1, 0.15) is 5.75 Å². The molecule has 0 radical (unpaired) electrons. The molecule has 2 rings (SSSR count). The number of rotatable bonds is 4. The first-order chi connectivity index (χ1) is 7.83. The first kappa shape index (κ1) is 11.6. The van der Waals surface area contributed by atoms with Gasteiger partial charge >= 0.3 is 0 Å². The third kappa shape index (κ3) is 2.62. The maximum atomic E-state index is 5.24. The van der Waals surface area contributed by atoms with E-state index in [2.05, 4.69) is 22.8 Å². The number of anilines is 1. The van der Waals surface area contributed by atoms with Crippen LogP contribution in [-0.2, 0) is 0 Å². The highest BCUT2D eigenvalue weighted by molar-refractivity contribution is 7.99. The summed E-state index contributed by atoms with van der Waals surface area (Å²) in [7, 11) is 3.70. The summed E-state index contributed by atoms with van der Waals surface area (Å²) in [4.78, 5) is 1.32. The van der Waals surface area contributed by atoms with E-state index in [1.807, 2.05) is 24.9 Å². The van der Waals surface area contributed by atoms with E-state index in [-0.39, 0.29) is 0 Å². The first-order valence-electron chi connectivity index (χ1n) is 5.55. The molecule has 0 aromatic heterocycles. The van der Waals surface area contributed by atoms with Crippen LogP contribution in [0.2, 0.25) is 0 Å². The maximum absolute atomic E-state index is 5.24. The van der Waals surface area contributed by atoms with Crippen LogP contribution in [0.3, 0.4) is 0 Å². The number of benzene rings is 1. The Kier molecular flexibility index (Phi) is 3.96. The summed E-state index contributed by atoms with van der Waals surface area (Å²) in [6, 6.07) is 6.77. The van der Waals surface area contributed by atoms with Gasteiger partial charge in [-0.3, -0.25) is 0 Å². The summed E-state index contributed by atoms with van der Waals surface area (Å²) < 4.78 is 5.24. The highest BCUT2D eigenvalue weighted by atomic mass is 32.2. The van der Waals surface area contributed by atoms with Crippen LogP contribution in [0.5, 0.6) is 5.75 Å². The third-order valence-electron chi connectivity index (χ3n) is 2.73. The molecule has 0 amide bonds. The van der Waals surface area contributed by atoms with Gasteiger partial charge in [-0.15, -0.1) is 11.8 Å². The van der Waals surface area contributed by atoms with Gasteiger partial charge in [-0.1, -0.05) is 0 Å². The average Bonchev–Trinajstić information content (AvgIpc) is 2.35. The Morgan fingerprint density at radius 1 is 1.56 bits per heavy atom. The molecule has 0 aliphatic carbocycles. The second-order valence-corrected chi connectivity index (χ2v) is 4.97. The Morgan fingerprint density at radius 3 is 3.19 bits per heavy atom. The summed E-state index contributed by atoms with van der Waals surface area (Å²) in [6.45, 7) is 1.05. The van der Waals surface area contributed by atoms with E-state index in [9.17, 15) is 0 Å². The smallest absolute Gasteiger partial charge is 0.121 e. The zero-order chi connectivity index (χ0) is 11.4. The second kappa shape index (κ2) is 5.46. The van der Waals surface area contributed by atoms with Gasteiger partial charge in [0.15, 0.2) is 0 Å². The predicted octanol–water partition coefficient (Wildman–Crippen LogP) is 2.19. The lowest BCUT2D eigenvalue weighted by Crippen LogP contribution is -2.29. The van der Waals surface area contributed by atoms with Crippen molar-refractivity contribution in [2.75, 3.05) is 31.8 Å². The Hall–Kier alpha value is -0.870. The van der Waals surface area contributed by atoms with E-state index in [1.54, 1.807) is 7.11 Å². The standard InChI is InChI=1S/C12H18N2OS/c1-13-6-5-9-8-16-12-4-3-10(15-2)7-11(12)14-9/h3-4,7,9,13-14H,5-6,8H2,1-2H3. The molecule has 0 fully saturated rings. The lowest BCUT2D eigenvalue weighted by atomic mass is 10.2. The van der Waals surface area contributed by atoms with Crippen LogP contribution < -0.4 is 15.4 Å². The molecular formula is C12H18N2OS. The van der Waals surface area contributed by atoms with Crippen molar-refractivity contribution in [3.05, 3.63) is 18.2 Å². The van der Waals surface area contributed by atoms with Crippen molar-refractivity contribution in [2.24, 2.45) is 0 Å².